The van der Waals surface area contributed by atoms with E-state index in [1.807, 2.05) is 19.1 Å². The van der Waals surface area contributed by atoms with Crippen LogP contribution in [0, 0.1) is 13.8 Å². The van der Waals surface area contributed by atoms with Crippen LogP contribution in [-0.4, -0.2) is 18.5 Å². The molecule has 16 heavy (non-hydrogen) atoms. The third-order valence-electron chi connectivity index (χ3n) is 2.73. The maximum atomic E-state index is 10.7. The molecule has 1 amide bonds. The molecule has 1 aromatic carbocycles. The minimum Gasteiger partial charge on any atom is -0.496 e. The molecule has 1 aromatic rings. The number of hydrogen-bond acceptors (Lipinski definition) is 2. The predicted molar refractivity (Wildman–Crippen MR) is 68.5 cm³/mol. The number of nitrogens with one attached hydrogen (secondary N) is 1. The molecule has 0 aromatic heterocycles. The van der Waals surface area contributed by atoms with Gasteiger partial charge in [-0.2, -0.15) is 0 Å². The second kappa shape index (κ2) is 5.89. The zero-order chi connectivity index (χ0) is 12.1. The number of amides is 1. The normalized spacial score (nSPS) is 10.0. The van der Waals surface area contributed by atoms with Gasteiger partial charge in [0.1, 0.15) is 5.75 Å². The largest absolute Gasteiger partial charge is 0.496 e. The van der Waals surface area contributed by atoms with Gasteiger partial charge in [-0.15, -0.1) is 0 Å². The van der Waals surface area contributed by atoms with Crippen molar-refractivity contribution in [2.24, 2.45) is 0 Å². The first-order valence-electron chi connectivity index (χ1n) is 5.12. The van der Waals surface area contributed by atoms with Gasteiger partial charge >= 0.3 is 0 Å². The van der Waals surface area contributed by atoms with E-state index in [4.69, 9.17) is 4.74 Å². The van der Waals surface area contributed by atoms with Crippen LogP contribution in [0.25, 0.3) is 0 Å². The topological polar surface area (TPSA) is 38.3 Å². The summed E-state index contributed by atoms with van der Waals surface area (Å²) in [6.45, 7) is 4.75. The van der Waals surface area contributed by atoms with Crippen LogP contribution in [0.2, 0.25) is 0 Å². The van der Waals surface area contributed by atoms with Crippen molar-refractivity contribution in [2.75, 3.05) is 13.7 Å². The fourth-order valence-electron chi connectivity index (χ4n) is 1.64. The van der Waals surface area contributed by atoms with E-state index in [0.29, 0.717) is 6.54 Å². The molecule has 0 unspecified atom stereocenters. The summed E-state index contributed by atoms with van der Waals surface area (Å²) in [6, 6.07) is 4.01. The van der Waals surface area contributed by atoms with Crippen LogP contribution in [0.1, 0.15) is 16.7 Å². The Hall–Kier alpha value is -1.03. The van der Waals surface area contributed by atoms with Gasteiger partial charge in [0.25, 0.3) is 4.82 Å². The molecule has 0 spiro atoms. The summed E-state index contributed by atoms with van der Waals surface area (Å²) >= 11 is 2.83. The molecule has 0 atom stereocenters. The Labute approximate surface area is 104 Å². The molecule has 0 aliphatic carbocycles. The van der Waals surface area contributed by atoms with E-state index in [9.17, 15) is 4.79 Å². The highest BCUT2D eigenvalue weighted by atomic mass is 79.9. The summed E-state index contributed by atoms with van der Waals surface area (Å²) in [5, 5.41) is 2.72. The molecular formula is C12H16BrNO2. The van der Waals surface area contributed by atoms with E-state index in [2.05, 4.69) is 28.2 Å². The van der Waals surface area contributed by atoms with E-state index in [1.165, 1.54) is 11.1 Å². The van der Waals surface area contributed by atoms with Gasteiger partial charge in [-0.05, 0) is 43.0 Å². The third-order valence-corrected chi connectivity index (χ3v) is 3.01. The average molecular weight is 286 g/mol. The molecule has 0 aliphatic rings. The summed E-state index contributed by atoms with van der Waals surface area (Å²) in [6.07, 6.45) is 0.827. The van der Waals surface area contributed by atoms with Crippen molar-refractivity contribution in [1.82, 2.24) is 5.32 Å². The molecule has 3 nitrogen and oxygen atoms in total. The van der Waals surface area contributed by atoms with Gasteiger partial charge < -0.3 is 10.1 Å². The number of carbonyl (C=O) groups excluding carboxylic acids is 1. The lowest BCUT2D eigenvalue weighted by Crippen LogP contribution is -2.19. The zero-order valence-electron chi connectivity index (χ0n) is 9.76. The van der Waals surface area contributed by atoms with Gasteiger partial charge in [0.2, 0.25) is 0 Å². The number of halogens is 1. The van der Waals surface area contributed by atoms with Crippen molar-refractivity contribution in [3.63, 3.8) is 0 Å². The average Bonchev–Trinajstić information content (AvgIpc) is 2.24. The van der Waals surface area contributed by atoms with Gasteiger partial charge in [0, 0.05) is 22.5 Å². The SMILES string of the molecule is COc1ccc(CCNC(=O)Br)c(C)c1C. The van der Waals surface area contributed by atoms with Crippen LogP contribution in [0.15, 0.2) is 12.1 Å². The molecule has 0 radical (unpaired) electrons. The van der Waals surface area contributed by atoms with Crippen molar-refractivity contribution in [3.8, 4) is 5.75 Å². The number of ether oxygens (including phenoxy) is 1. The van der Waals surface area contributed by atoms with Crippen molar-refractivity contribution in [3.05, 3.63) is 28.8 Å². The van der Waals surface area contributed by atoms with Crippen molar-refractivity contribution in [1.29, 1.82) is 0 Å². The lowest BCUT2D eigenvalue weighted by Gasteiger charge is -2.12. The van der Waals surface area contributed by atoms with Crippen LogP contribution >= 0.6 is 15.9 Å². The third kappa shape index (κ3) is 3.23. The molecule has 0 saturated heterocycles. The summed E-state index contributed by atoms with van der Waals surface area (Å²) in [5.41, 5.74) is 3.62. The minimum atomic E-state index is -0.171. The Bertz CT molecular complexity index is 391. The van der Waals surface area contributed by atoms with E-state index in [-0.39, 0.29) is 4.82 Å². The molecule has 1 rings (SSSR count). The fourth-order valence-corrected chi connectivity index (χ4v) is 1.84. The number of carbonyl (C=O) groups is 1. The molecule has 0 heterocycles. The molecule has 0 bridgehead atoms. The van der Waals surface area contributed by atoms with Crippen LogP contribution < -0.4 is 10.1 Å². The summed E-state index contributed by atoms with van der Waals surface area (Å²) in [7, 11) is 1.67. The second-order valence-corrected chi connectivity index (χ2v) is 4.35. The molecule has 4 heteroatoms. The van der Waals surface area contributed by atoms with Gasteiger partial charge in [0.15, 0.2) is 0 Å². The molecule has 88 valence electrons. The van der Waals surface area contributed by atoms with Crippen molar-refractivity contribution >= 4 is 20.7 Å². The lowest BCUT2D eigenvalue weighted by molar-refractivity contribution is 0.262. The highest BCUT2D eigenvalue weighted by Gasteiger charge is 2.06. The number of methoxy groups -OCH3 is 1. The highest BCUT2D eigenvalue weighted by Crippen LogP contribution is 2.23. The van der Waals surface area contributed by atoms with Crippen molar-refractivity contribution < 1.29 is 9.53 Å². The zero-order valence-corrected chi connectivity index (χ0v) is 11.3. The maximum absolute atomic E-state index is 10.7. The Morgan fingerprint density at radius 2 is 2.06 bits per heavy atom. The van der Waals surface area contributed by atoms with Gasteiger partial charge in [-0.25, -0.2) is 0 Å². The summed E-state index contributed by atoms with van der Waals surface area (Å²) in [5.74, 6) is 0.908. The van der Waals surface area contributed by atoms with E-state index in [0.717, 1.165) is 17.7 Å². The first kappa shape index (κ1) is 13.0. The van der Waals surface area contributed by atoms with E-state index >= 15 is 0 Å². The predicted octanol–water partition coefficient (Wildman–Crippen LogP) is 2.96. The van der Waals surface area contributed by atoms with Crippen LogP contribution in [0.3, 0.4) is 0 Å². The lowest BCUT2D eigenvalue weighted by atomic mass is 10.00. The van der Waals surface area contributed by atoms with Gasteiger partial charge in [-0.3, -0.25) is 4.79 Å². The van der Waals surface area contributed by atoms with Crippen LogP contribution in [0.4, 0.5) is 4.79 Å². The number of hydrogen-bond donors (Lipinski definition) is 1. The van der Waals surface area contributed by atoms with E-state index < -0.39 is 0 Å². The summed E-state index contributed by atoms with van der Waals surface area (Å²) < 4.78 is 5.25. The quantitative estimate of drug-likeness (QED) is 0.682. The molecular weight excluding hydrogens is 270 g/mol. The molecule has 0 saturated carbocycles. The Balaban J connectivity index is 2.74. The highest BCUT2D eigenvalue weighted by molar-refractivity contribution is 9.18. The Morgan fingerprint density at radius 1 is 1.38 bits per heavy atom. The van der Waals surface area contributed by atoms with E-state index in [1.54, 1.807) is 7.11 Å². The van der Waals surface area contributed by atoms with Gasteiger partial charge in [0.05, 0.1) is 7.11 Å². The monoisotopic (exact) mass is 285 g/mol. The smallest absolute Gasteiger partial charge is 0.287 e. The number of rotatable bonds is 4. The van der Waals surface area contributed by atoms with Crippen molar-refractivity contribution in [2.45, 2.75) is 20.3 Å². The summed E-state index contributed by atoms with van der Waals surface area (Å²) in [4.78, 5) is 10.5. The maximum Gasteiger partial charge on any atom is 0.287 e. The number of benzene rings is 1. The molecule has 0 fully saturated rings. The first-order valence-corrected chi connectivity index (χ1v) is 5.92. The Kier molecular flexibility index (Phi) is 4.80. The second-order valence-electron chi connectivity index (χ2n) is 3.63. The standard InChI is InChI=1S/C12H16BrNO2/c1-8-9(2)11(16-3)5-4-10(8)6-7-14-12(13)15/h4-5H,6-7H2,1-3H3,(H,14,15). The van der Waals surface area contributed by atoms with Crippen LogP contribution in [0.5, 0.6) is 5.75 Å². The fraction of sp³-hybridized carbons (Fsp3) is 0.417. The molecule has 0 aliphatic heterocycles. The Morgan fingerprint density at radius 3 is 2.62 bits per heavy atom. The van der Waals surface area contributed by atoms with Crippen LogP contribution in [-0.2, 0) is 6.42 Å². The molecule has 1 N–H and O–H groups in total. The minimum absolute atomic E-state index is 0.171. The first-order chi connectivity index (χ1) is 7.56. The van der Waals surface area contributed by atoms with Gasteiger partial charge in [-0.1, -0.05) is 6.07 Å².